The molecule has 0 spiro atoms. The highest BCUT2D eigenvalue weighted by Crippen LogP contribution is 2.26. The molecule has 0 aliphatic carbocycles. The molecule has 1 atom stereocenters. The third-order valence-electron chi connectivity index (χ3n) is 4.21. The standard InChI is InChI=1S/C20H20BrN3O3/c1-2-27-18-9-3-14(4-10-18)12-22-23-20(26)15-11-19(25)24(13-15)17-7-5-16(21)6-8-17/h3-10,12,15H,2,11,13H2,1H3,(H,23,26)/t15-/m1/s1. The summed E-state index contributed by atoms with van der Waals surface area (Å²) in [7, 11) is 0. The third kappa shape index (κ3) is 4.95. The van der Waals surface area contributed by atoms with Crippen molar-refractivity contribution in [2.24, 2.45) is 11.0 Å². The molecule has 1 saturated heterocycles. The molecule has 2 aromatic carbocycles. The Kier molecular flexibility index (Phi) is 6.24. The van der Waals surface area contributed by atoms with Crippen molar-refractivity contribution in [1.82, 2.24) is 5.43 Å². The molecule has 2 aromatic rings. The zero-order valence-corrected chi connectivity index (χ0v) is 16.5. The predicted octanol–water partition coefficient (Wildman–Crippen LogP) is 3.35. The fraction of sp³-hybridized carbons (Fsp3) is 0.250. The van der Waals surface area contributed by atoms with E-state index in [0.717, 1.165) is 21.5 Å². The number of rotatable bonds is 6. The van der Waals surface area contributed by atoms with Gasteiger partial charge in [-0.3, -0.25) is 9.59 Å². The maximum atomic E-state index is 12.3. The fourth-order valence-electron chi connectivity index (χ4n) is 2.83. The van der Waals surface area contributed by atoms with E-state index in [1.165, 1.54) is 0 Å². The van der Waals surface area contributed by atoms with Crippen molar-refractivity contribution in [3.63, 3.8) is 0 Å². The van der Waals surface area contributed by atoms with E-state index in [-0.39, 0.29) is 18.2 Å². The number of amides is 2. The minimum atomic E-state index is -0.418. The van der Waals surface area contributed by atoms with Crippen molar-refractivity contribution in [3.8, 4) is 5.75 Å². The number of hydrogen-bond acceptors (Lipinski definition) is 4. The Morgan fingerprint density at radius 2 is 1.96 bits per heavy atom. The van der Waals surface area contributed by atoms with Crippen molar-refractivity contribution in [2.75, 3.05) is 18.1 Å². The number of anilines is 1. The molecule has 0 saturated carbocycles. The molecule has 1 fully saturated rings. The second-order valence-electron chi connectivity index (χ2n) is 6.12. The van der Waals surface area contributed by atoms with Crippen LogP contribution in [0.5, 0.6) is 5.75 Å². The highest BCUT2D eigenvalue weighted by Gasteiger charge is 2.35. The SMILES string of the molecule is CCOc1ccc(C=NNC(=O)[C@@H]2CC(=O)N(c3ccc(Br)cc3)C2)cc1. The van der Waals surface area contributed by atoms with E-state index in [9.17, 15) is 9.59 Å². The second-order valence-corrected chi connectivity index (χ2v) is 7.03. The van der Waals surface area contributed by atoms with Crippen LogP contribution in [0, 0.1) is 5.92 Å². The summed E-state index contributed by atoms with van der Waals surface area (Å²) >= 11 is 3.37. The Morgan fingerprint density at radius 3 is 2.63 bits per heavy atom. The van der Waals surface area contributed by atoms with E-state index < -0.39 is 5.92 Å². The van der Waals surface area contributed by atoms with Gasteiger partial charge in [0.05, 0.1) is 18.7 Å². The third-order valence-corrected chi connectivity index (χ3v) is 4.74. The number of hydrazone groups is 1. The summed E-state index contributed by atoms with van der Waals surface area (Å²) in [5.41, 5.74) is 4.16. The van der Waals surface area contributed by atoms with Gasteiger partial charge in [-0.25, -0.2) is 5.43 Å². The van der Waals surface area contributed by atoms with Crippen molar-refractivity contribution < 1.29 is 14.3 Å². The molecule has 27 heavy (non-hydrogen) atoms. The molecule has 0 bridgehead atoms. The van der Waals surface area contributed by atoms with Crippen molar-refractivity contribution in [3.05, 3.63) is 58.6 Å². The zero-order chi connectivity index (χ0) is 19.2. The molecule has 6 nitrogen and oxygen atoms in total. The van der Waals surface area contributed by atoms with Gasteiger partial charge in [0.15, 0.2) is 0 Å². The van der Waals surface area contributed by atoms with Crippen LogP contribution in [-0.4, -0.2) is 31.2 Å². The van der Waals surface area contributed by atoms with E-state index in [1.54, 1.807) is 11.1 Å². The minimum Gasteiger partial charge on any atom is -0.494 e. The van der Waals surface area contributed by atoms with Crippen LogP contribution in [0.4, 0.5) is 5.69 Å². The maximum Gasteiger partial charge on any atom is 0.245 e. The van der Waals surface area contributed by atoms with Gasteiger partial charge in [0.1, 0.15) is 5.75 Å². The number of ether oxygens (including phenoxy) is 1. The van der Waals surface area contributed by atoms with E-state index in [4.69, 9.17) is 4.74 Å². The fourth-order valence-corrected chi connectivity index (χ4v) is 3.10. The number of carbonyl (C=O) groups excluding carboxylic acids is 2. The zero-order valence-electron chi connectivity index (χ0n) is 14.9. The summed E-state index contributed by atoms with van der Waals surface area (Å²) in [4.78, 5) is 26.2. The van der Waals surface area contributed by atoms with Crippen LogP contribution in [0.2, 0.25) is 0 Å². The van der Waals surface area contributed by atoms with E-state index in [2.05, 4.69) is 26.5 Å². The monoisotopic (exact) mass is 429 g/mol. The quantitative estimate of drug-likeness (QED) is 0.565. The largest absolute Gasteiger partial charge is 0.494 e. The number of benzene rings is 2. The lowest BCUT2D eigenvalue weighted by atomic mass is 10.1. The molecule has 7 heteroatoms. The number of nitrogens with zero attached hydrogens (tertiary/aromatic N) is 2. The Labute approximate surface area is 166 Å². The highest BCUT2D eigenvalue weighted by atomic mass is 79.9. The molecule has 0 radical (unpaired) electrons. The van der Waals surface area contributed by atoms with Crippen molar-refractivity contribution >= 4 is 39.6 Å². The lowest BCUT2D eigenvalue weighted by Gasteiger charge is -2.16. The van der Waals surface area contributed by atoms with Crippen LogP contribution in [0.3, 0.4) is 0 Å². The van der Waals surface area contributed by atoms with E-state index in [1.807, 2.05) is 55.5 Å². The molecule has 1 heterocycles. The van der Waals surface area contributed by atoms with Crippen molar-refractivity contribution in [1.29, 1.82) is 0 Å². The molecule has 0 aromatic heterocycles. The van der Waals surface area contributed by atoms with Gasteiger partial charge in [0, 0.05) is 23.1 Å². The predicted molar refractivity (Wildman–Crippen MR) is 108 cm³/mol. The van der Waals surface area contributed by atoms with Crippen LogP contribution in [-0.2, 0) is 9.59 Å². The first-order valence-corrected chi connectivity index (χ1v) is 9.48. The van der Waals surface area contributed by atoms with Gasteiger partial charge >= 0.3 is 0 Å². The minimum absolute atomic E-state index is 0.0621. The molecule has 2 amide bonds. The lowest BCUT2D eigenvalue weighted by Crippen LogP contribution is -2.30. The maximum absolute atomic E-state index is 12.3. The highest BCUT2D eigenvalue weighted by molar-refractivity contribution is 9.10. The van der Waals surface area contributed by atoms with Gasteiger partial charge in [-0.05, 0) is 61.0 Å². The first-order valence-electron chi connectivity index (χ1n) is 8.68. The number of hydrogen-bond donors (Lipinski definition) is 1. The van der Waals surface area contributed by atoms with Crippen molar-refractivity contribution in [2.45, 2.75) is 13.3 Å². The lowest BCUT2D eigenvalue weighted by molar-refractivity contribution is -0.126. The van der Waals surface area contributed by atoms with E-state index >= 15 is 0 Å². The summed E-state index contributed by atoms with van der Waals surface area (Å²) in [6.07, 6.45) is 1.75. The Hall–Kier alpha value is -2.67. The summed E-state index contributed by atoms with van der Waals surface area (Å²) in [5.74, 6) is 0.0490. The molecule has 0 unspecified atom stereocenters. The summed E-state index contributed by atoms with van der Waals surface area (Å²) < 4.78 is 6.32. The first kappa shape index (κ1) is 19.1. The number of nitrogens with one attached hydrogen (secondary N) is 1. The van der Waals surface area contributed by atoms with Gasteiger partial charge in [-0.2, -0.15) is 5.10 Å². The van der Waals surface area contributed by atoms with Crippen LogP contribution >= 0.6 is 15.9 Å². The molecular weight excluding hydrogens is 410 g/mol. The van der Waals surface area contributed by atoms with Gasteiger partial charge in [0.25, 0.3) is 0 Å². The topological polar surface area (TPSA) is 71.0 Å². The first-order chi connectivity index (χ1) is 13.1. The normalized spacial score (nSPS) is 16.7. The molecule has 1 aliphatic heterocycles. The average molecular weight is 430 g/mol. The molecule has 3 rings (SSSR count). The smallest absolute Gasteiger partial charge is 0.245 e. The van der Waals surface area contributed by atoms with Gasteiger partial charge in [-0.1, -0.05) is 15.9 Å². The second kappa shape index (κ2) is 8.81. The Morgan fingerprint density at radius 1 is 1.26 bits per heavy atom. The van der Waals surface area contributed by atoms with Crippen LogP contribution < -0.4 is 15.1 Å². The summed E-state index contributed by atoms with van der Waals surface area (Å²) in [6.45, 7) is 2.89. The number of halogens is 1. The van der Waals surface area contributed by atoms with Crippen LogP contribution in [0.15, 0.2) is 58.1 Å². The molecule has 1 aliphatic rings. The molecule has 1 N–H and O–H groups in total. The summed E-state index contributed by atoms with van der Waals surface area (Å²) in [6, 6.07) is 14.9. The van der Waals surface area contributed by atoms with Crippen LogP contribution in [0.1, 0.15) is 18.9 Å². The summed E-state index contributed by atoms with van der Waals surface area (Å²) in [5, 5.41) is 3.99. The number of carbonyl (C=O) groups is 2. The van der Waals surface area contributed by atoms with Crippen LogP contribution in [0.25, 0.3) is 0 Å². The average Bonchev–Trinajstić information content (AvgIpc) is 3.06. The van der Waals surface area contributed by atoms with Gasteiger partial charge in [-0.15, -0.1) is 0 Å². The van der Waals surface area contributed by atoms with E-state index in [0.29, 0.717) is 13.2 Å². The molecule has 140 valence electrons. The van der Waals surface area contributed by atoms with Gasteiger partial charge < -0.3 is 9.64 Å². The Bertz CT molecular complexity index is 835. The Balaban J connectivity index is 1.55. The van der Waals surface area contributed by atoms with Gasteiger partial charge in [0.2, 0.25) is 11.8 Å². The molecular formula is C20H20BrN3O3.